The Morgan fingerprint density at radius 3 is 2.50 bits per heavy atom. The number of carbonyl (C=O) groups is 2. The largest absolute Gasteiger partial charge is 0.489 e. The summed E-state index contributed by atoms with van der Waals surface area (Å²) in [6, 6.07) is 9.17. The molecule has 4 nitrogen and oxygen atoms in total. The molecule has 0 aromatic heterocycles. The number of carbonyl (C=O) groups excluding carboxylic acids is 2. The summed E-state index contributed by atoms with van der Waals surface area (Å²) in [6.45, 7) is 2.90. The number of hydrogen-bond acceptors (Lipinski definition) is 4. The molecule has 0 radical (unpaired) electrons. The standard InChI is InChI=1S/C19H15F3O4/c1-18(2)17(24)16(23)14-7-6-13(9-15(14)26-18)25-10-11-4-3-5-12(8-11)19(20,21)22/h3-9H,10H2,1-2H3. The Morgan fingerprint density at radius 2 is 1.81 bits per heavy atom. The lowest BCUT2D eigenvalue weighted by molar-refractivity contribution is -0.137. The summed E-state index contributed by atoms with van der Waals surface area (Å²) in [5, 5.41) is 0. The number of fused-ring (bicyclic) bond motifs is 1. The van der Waals surface area contributed by atoms with Gasteiger partial charge in [-0.05, 0) is 43.7 Å². The van der Waals surface area contributed by atoms with Crippen LogP contribution in [0.4, 0.5) is 13.2 Å². The molecule has 0 spiro atoms. The second-order valence-electron chi connectivity index (χ2n) is 6.42. The van der Waals surface area contributed by atoms with Crippen molar-refractivity contribution in [3.05, 3.63) is 59.2 Å². The van der Waals surface area contributed by atoms with Gasteiger partial charge in [-0.15, -0.1) is 0 Å². The van der Waals surface area contributed by atoms with E-state index >= 15 is 0 Å². The molecule has 0 amide bonds. The summed E-state index contributed by atoms with van der Waals surface area (Å²) < 4.78 is 49.3. The van der Waals surface area contributed by atoms with Gasteiger partial charge in [-0.1, -0.05) is 12.1 Å². The lowest BCUT2D eigenvalue weighted by Crippen LogP contribution is -2.46. The fraction of sp³-hybridized carbons (Fsp3) is 0.263. The van der Waals surface area contributed by atoms with Crippen molar-refractivity contribution in [2.75, 3.05) is 0 Å². The number of alkyl halides is 3. The van der Waals surface area contributed by atoms with Crippen LogP contribution in [0.25, 0.3) is 0 Å². The Hall–Kier alpha value is -2.83. The van der Waals surface area contributed by atoms with Gasteiger partial charge in [0.2, 0.25) is 11.6 Å². The van der Waals surface area contributed by atoms with Crippen LogP contribution in [0.2, 0.25) is 0 Å². The smallest absolute Gasteiger partial charge is 0.416 e. The van der Waals surface area contributed by atoms with E-state index in [1.54, 1.807) is 0 Å². The molecule has 26 heavy (non-hydrogen) atoms. The van der Waals surface area contributed by atoms with Gasteiger partial charge in [-0.2, -0.15) is 13.2 Å². The zero-order valence-electron chi connectivity index (χ0n) is 14.0. The first-order chi connectivity index (χ1) is 12.1. The van der Waals surface area contributed by atoms with Crippen molar-refractivity contribution >= 4 is 11.6 Å². The highest BCUT2D eigenvalue weighted by molar-refractivity contribution is 6.47. The van der Waals surface area contributed by atoms with Crippen LogP contribution < -0.4 is 9.47 Å². The van der Waals surface area contributed by atoms with Crippen LogP contribution in [0.3, 0.4) is 0 Å². The van der Waals surface area contributed by atoms with Crippen molar-refractivity contribution in [2.24, 2.45) is 0 Å². The van der Waals surface area contributed by atoms with Crippen molar-refractivity contribution in [2.45, 2.75) is 32.2 Å². The highest BCUT2D eigenvalue weighted by Crippen LogP contribution is 2.34. The number of Topliss-reactive ketones (excluding diaryl/α,β-unsaturated/α-hetero) is 2. The third kappa shape index (κ3) is 3.42. The van der Waals surface area contributed by atoms with E-state index in [4.69, 9.17) is 9.47 Å². The molecule has 1 heterocycles. The number of ketones is 2. The van der Waals surface area contributed by atoms with Gasteiger partial charge in [0.1, 0.15) is 18.1 Å². The summed E-state index contributed by atoms with van der Waals surface area (Å²) in [4.78, 5) is 24.0. The Balaban J connectivity index is 1.79. The van der Waals surface area contributed by atoms with Crippen LogP contribution in [0, 0.1) is 0 Å². The zero-order chi connectivity index (χ0) is 19.1. The molecule has 136 valence electrons. The predicted octanol–water partition coefficient (Wildman–Crippen LogP) is 4.21. The maximum Gasteiger partial charge on any atom is 0.416 e. The molecule has 0 fully saturated rings. The molecule has 2 aromatic rings. The first-order valence-electron chi connectivity index (χ1n) is 7.79. The molecule has 0 unspecified atom stereocenters. The van der Waals surface area contributed by atoms with E-state index in [1.165, 1.54) is 44.2 Å². The fourth-order valence-electron chi connectivity index (χ4n) is 2.59. The topological polar surface area (TPSA) is 52.6 Å². The normalized spacial score (nSPS) is 16.0. The summed E-state index contributed by atoms with van der Waals surface area (Å²) in [7, 11) is 0. The van der Waals surface area contributed by atoms with E-state index in [0.29, 0.717) is 11.3 Å². The third-order valence-corrected chi connectivity index (χ3v) is 3.98. The molecule has 1 aliphatic rings. The highest BCUT2D eigenvalue weighted by Gasteiger charge is 2.41. The highest BCUT2D eigenvalue weighted by atomic mass is 19.4. The Morgan fingerprint density at radius 1 is 1.08 bits per heavy atom. The zero-order valence-corrected chi connectivity index (χ0v) is 14.0. The lowest BCUT2D eigenvalue weighted by atomic mass is 9.91. The number of halogens is 3. The van der Waals surface area contributed by atoms with E-state index in [2.05, 4.69) is 0 Å². The fourth-order valence-corrected chi connectivity index (χ4v) is 2.59. The Kier molecular flexibility index (Phi) is 4.26. The lowest BCUT2D eigenvalue weighted by Gasteiger charge is -2.30. The molecule has 1 aliphatic heterocycles. The minimum absolute atomic E-state index is 0.0843. The second-order valence-corrected chi connectivity index (χ2v) is 6.42. The van der Waals surface area contributed by atoms with E-state index in [1.807, 2.05) is 0 Å². The number of ether oxygens (including phenoxy) is 2. The summed E-state index contributed by atoms with van der Waals surface area (Å²) in [6.07, 6.45) is -4.42. The van der Waals surface area contributed by atoms with Crippen LogP contribution in [0.15, 0.2) is 42.5 Å². The van der Waals surface area contributed by atoms with Gasteiger partial charge in [0.15, 0.2) is 5.60 Å². The molecule has 2 aromatic carbocycles. The van der Waals surface area contributed by atoms with Gasteiger partial charge < -0.3 is 9.47 Å². The van der Waals surface area contributed by atoms with Crippen molar-refractivity contribution < 1.29 is 32.2 Å². The van der Waals surface area contributed by atoms with Gasteiger partial charge >= 0.3 is 6.18 Å². The minimum atomic E-state index is -4.42. The van der Waals surface area contributed by atoms with Crippen molar-refractivity contribution in [1.29, 1.82) is 0 Å². The molecule has 0 N–H and O–H groups in total. The monoisotopic (exact) mass is 364 g/mol. The Labute approximate surface area is 147 Å². The van der Waals surface area contributed by atoms with Crippen LogP contribution in [-0.4, -0.2) is 17.2 Å². The van der Waals surface area contributed by atoms with Crippen molar-refractivity contribution in [3.63, 3.8) is 0 Å². The summed E-state index contributed by atoms with van der Waals surface area (Å²) in [5.41, 5.74) is -1.53. The number of rotatable bonds is 3. The average molecular weight is 364 g/mol. The molecule has 0 bridgehead atoms. The first kappa shape index (κ1) is 18.0. The minimum Gasteiger partial charge on any atom is -0.489 e. The molecule has 3 rings (SSSR count). The molecular formula is C19H15F3O4. The quantitative estimate of drug-likeness (QED) is 0.766. The second kappa shape index (κ2) is 6.16. The van der Waals surface area contributed by atoms with Gasteiger partial charge in [-0.25, -0.2) is 0 Å². The average Bonchev–Trinajstić information content (AvgIpc) is 2.57. The number of hydrogen-bond donors (Lipinski definition) is 0. The first-order valence-corrected chi connectivity index (χ1v) is 7.79. The predicted molar refractivity (Wildman–Crippen MR) is 86.3 cm³/mol. The van der Waals surface area contributed by atoms with Gasteiger partial charge in [-0.3, -0.25) is 9.59 Å². The van der Waals surface area contributed by atoms with Gasteiger partial charge in [0.25, 0.3) is 0 Å². The van der Waals surface area contributed by atoms with E-state index < -0.39 is 28.9 Å². The van der Waals surface area contributed by atoms with E-state index in [0.717, 1.165) is 12.1 Å². The van der Waals surface area contributed by atoms with Crippen molar-refractivity contribution in [1.82, 2.24) is 0 Å². The van der Waals surface area contributed by atoms with Gasteiger partial charge in [0, 0.05) is 6.07 Å². The van der Waals surface area contributed by atoms with Crippen LogP contribution in [-0.2, 0) is 17.6 Å². The molecule has 0 saturated heterocycles. The number of benzene rings is 2. The van der Waals surface area contributed by atoms with Crippen molar-refractivity contribution in [3.8, 4) is 11.5 Å². The maximum absolute atomic E-state index is 12.7. The maximum atomic E-state index is 12.7. The molecule has 0 saturated carbocycles. The molecule has 0 atom stereocenters. The molecular weight excluding hydrogens is 349 g/mol. The van der Waals surface area contributed by atoms with Crippen LogP contribution in [0.1, 0.15) is 35.3 Å². The van der Waals surface area contributed by atoms with Crippen LogP contribution in [0.5, 0.6) is 11.5 Å². The molecule has 0 aliphatic carbocycles. The van der Waals surface area contributed by atoms with Crippen LogP contribution >= 0.6 is 0 Å². The van der Waals surface area contributed by atoms with E-state index in [9.17, 15) is 22.8 Å². The Bertz CT molecular complexity index is 885. The molecule has 7 heteroatoms. The third-order valence-electron chi connectivity index (χ3n) is 3.98. The SMILES string of the molecule is CC1(C)Oc2cc(OCc3cccc(C(F)(F)F)c3)ccc2C(=O)C1=O. The summed E-state index contributed by atoms with van der Waals surface area (Å²) >= 11 is 0. The summed E-state index contributed by atoms with van der Waals surface area (Å²) in [5.74, 6) is -0.747. The van der Waals surface area contributed by atoms with Gasteiger partial charge in [0.05, 0.1) is 11.1 Å². The van der Waals surface area contributed by atoms with E-state index in [-0.39, 0.29) is 17.9 Å².